The van der Waals surface area contributed by atoms with Gasteiger partial charge in [0.25, 0.3) is 10.0 Å². The Balaban J connectivity index is 2.45. The predicted octanol–water partition coefficient (Wildman–Crippen LogP) is 4.25. The van der Waals surface area contributed by atoms with Crippen molar-refractivity contribution in [1.82, 2.24) is 4.90 Å². The fraction of sp³-hybridized carbons (Fsp3) is 0.417. The molecule has 0 bridgehead atoms. The highest BCUT2D eigenvalue weighted by atomic mass is 32.2. The molecule has 6 nitrogen and oxygen atoms in total. The van der Waals surface area contributed by atoms with Crippen LogP contribution in [0.5, 0.6) is 0 Å². The first-order chi connectivity index (χ1) is 14.5. The van der Waals surface area contributed by atoms with E-state index in [1.54, 1.807) is 24.3 Å². The summed E-state index contributed by atoms with van der Waals surface area (Å²) in [4.78, 5) is 14.5. The smallest absolute Gasteiger partial charge is 0.264 e. The van der Waals surface area contributed by atoms with Crippen LogP contribution in [0, 0.1) is 18.3 Å². The van der Waals surface area contributed by atoms with E-state index in [4.69, 9.17) is 5.26 Å². The predicted molar refractivity (Wildman–Crippen MR) is 123 cm³/mol. The minimum atomic E-state index is -3.97. The molecule has 0 atom stereocenters. The van der Waals surface area contributed by atoms with Crippen LogP contribution in [0.15, 0.2) is 53.4 Å². The third-order valence-electron chi connectivity index (χ3n) is 5.14. The number of benzene rings is 2. The zero-order valence-corrected chi connectivity index (χ0v) is 19.7. The summed E-state index contributed by atoms with van der Waals surface area (Å²) in [5.41, 5.74) is 2.34. The van der Waals surface area contributed by atoms with Crippen LogP contribution in [0.2, 0.25) is 0 Å². The number of sulfonamides is 1. The van der Waals surface area contributed by atoms with Crippen LogP contribution in [0.1, 0.15) is 45.2 Å². The van der Waals surface area contributed by atoms with E-state index in [0.717, 1.165) is 15.4 Å². The summed E-state index contributed by atoms with van der Waals surface area (Å²) in [5, 5.41) is 8.84. The summed E-state index contributed by atoms with van der Waals surface area (Å²) in [6.07, 6.45) is 0.200. The third-order valence-corrected chi connectivity index (χ3v) is 6.93. The van der Waals surface area contributed by atoms with Crippen LogP contribution >= 0.6 is 0 Å². The minimum Gasteiger partial charge on any atom is -0.340 e. The number of anilines is 1. The third kappa shape index (κ3) is 6.08. The van der Waals surface area contributed by atoms with E-state index in [1.807, 2.05) is 44.2 Å². The number of carbonyl (C=O) groups excluding carboxylic acids is 1. The van der Waals surface area contributed by atoms with Gasteiger partial charge in [-0.3, -0.25) is 9.10 Å². The van der Waals surface area contributed by atoms with Crippen molar-refractivity contribution in [2.45, 2.75) is 51.3 Å². The van der Waals surface area contributed by atoms with Crippen molar-refractivity contribution in [1.29, 1.82) is 5.26 Å². The van der Waals surface area contributed by atoms with Crippen molar-refractivity contribution in [2.24, 2.45) is 0 Å². The molecule has 1 amide bonds. The Labute approximate surface area is 186 Å². The number of hydrogen-bond acceptors (Lipinski definition) is 4. The summed E-state index contributed by atoms with van der Waals surface area (Å²) in [6.45, 7) is 10.3. The molecule has 0 N–H and O–H groups in total. The number of nitrogens with zero attached hydrogens (tertiary/aromatic N) is 3. The van der Waals surface area contributed by atoms with Crippen LogP contribution < -0.4 is 4.31 Å². The van der Waals surface area contributed by atoms with E-state index in [1.165, 1.54) is 4.90 Å². The van der Waals surface area contributed by atoms with E-state index >= 15 is 0 Å². The Morgan fingerprint density at radius 3 is 2.10 bits per heavy atom. The summed E-state index contributed by atoms with van der Waals surface area (Å²) >= 11 is 0. The van der Waals surface area contributed by atoms with Gasteiger partial charge in [0, 0.05) is 13.1 Å². The fourth-order valence-corrected chi connectivity index (χ4v) is 4.56. The maximum Gasteiger partial charge on any atom is 0.264 e. The average molecular weight is 442 g/mol. The Bertz CT molecular complexity index is 1030. The largest absolute Gasteiger partial charge is 0.340 e. The van der Waals surface area contributed by atoms with E-state index in [2.05, 4.69) is 20.8 Å². The monoisotopic (exact) mass is 441 g/mol. The van der Waals surface area contributed by atoms with Crippen molar-refractivity contribution in [3.8, 4) is 6.07 Å². The molecule has 2 rings (SSSR count). The maximum absolute atomic E-state index is 13.5. The minimum absolute atomic E-state index is 0.0999. The molecular weight excluding hydrogens is 410 g/mol. The molecule has 7 heteroatoms. The van der Waals surface area contributed by atoms with Crippen molar-refractivity contribution >= 4 is 21.6 Å². The highest BCUT2D eigenvalue weighted by Crippen LogP contribution is 2.27. The molecule has 0 aliphatic heterocycles. The molecule has 0 saturated carbocycles. The zero-order chi connectivity index (χ0) is 23.2. The number of aryl methyl sites for hydroxylation is 1. The van der Waals surface area contributed by atoms with Gasteiger partial charge in [-0.25, -0.2) is 8.42 Å². The molecular formula is C24H31N3O3S. The van der Waals surface area contributed by atoms with Gasteiger partial charge in [0.15, 0.2) is 0 Å². The maximum atomic E-state index is 13.5. The molecule has 0 unspecified atom stereocenters. The van der Waals surface area contributed by atoms with Crippen molar-refractivity contribution in [3.05, 3.63) is 59.7 Å². The first-order valence-corrected chi connectivity index (χ1v) is 11.8. The summed E-state index contributed by atoms with van der Waals surface area (Å²) in [7, 11) is -3.97. The molecule has 2 aromatic rings. The van der Waals surface area contributed by atoms with Gasteiger partial charge in [-0.05, 0) is 49.1 Å². The van der Waals surface area contributed by atoms with Crippen LogP contribution in [-0.4, -0.2) is 38.9 Å². The van der Waals surface area contributed by atoms with Crippen LogP contribution in [0.3, 0.4) is 0 Å². The first kappa shape index (κ1) is 24.4. The number of hydrogen-bond donors (Lipinski definition) is 0. The van der Waals surface area contributed by atoms with E-state index in [9.17, 15) is 13.2 Å². The van der Waals surface area contributed by atoms with Gasteiger partial charge in [0.05, 0.1) is 23.1 Å². The Hall–Kier alpha value is -2.85. The second-order valence-corrected chi connectivity index (χ2v) is 10.4. The van der Waals surface area contributed by atoms with Crippen LogP contribution in [-0.2, 0) is 20.2 Å². The molecule has 0 saturated heterocycles. The van der Waals surface area contributed by atoms with Crippen molar-refractivity contribution < 1.29 is 13.2 Å². The highest BCUT2D eigenvalue weighted by Gasteiger charge is 2.29. The van der Waals surface area contributed by atoms with E-state index < -0.39 is 10.0 Å². The van der Waals surface area contributed by atoms with Crippen molar-refractivity contribution in [3.63, 3.8) is 0 Å². The second-order valence-electron chi connectivity index (χ2n) is 8.50. The lowest BCUT2D eigenvalue weighted by molar-refractivity contribution is -0.129. The van der Waals surface area contributed by atoms with Gasteiger partial charge >= 0.3 is 0 Å². The standard InChI is InChI=1S/C24H31N3O3S/c1-6-26(17-7-16-25)23(28)18-27(21-12-8-19(2)9-13-21)31(29,30)22-14-10-20(11-15-22)24(3,4)5/h8-15H,6-7,17-18H2,1-5H3. The normalized spacial score (nSPS) is 11.6. The molecule has 0 fully saturated rings. The number of carbonyl (C=O) groups is 1. The van der Waals surface area contributed by atoms with Gasteiger partial charge in [0.1, 0.15) is 6.54 Å². The molecule has 0 heterocycles. The molecule has 0 spiro atoms. The summed E-state index contributed by atoms with van der Waals surface area (Å²) in [5.74, 6) is -0.340. The second kappa shape index (κ2) is 9.97. The highest BCUT2D eigenvalue weighted by molar-refractivity contribution is 7.92. The molecule has 0 aromatic heterocycles. The Kier molecular flexibility index (Phi) is 7.85. The van der Waals surface area contributed by atoms with Gasteiger partial charge in [-0.2, -0.15) is 5.26 Å². The first-order valence-electron chi connectivity index (χ1n) is 10.4. The van der Waals surface area contributed by atoms with Gasteiger partial charge in [0.2, 0.25) is 5.91 Å². The number of rotatable bonds is 8. The SMILES string of the molecule is CCN(CCC#N)C(=O)CN(c1ccc(C)cc1)S(=O)(=O)c1ccc(C(C)(C)C)cc1. The Morgan fingerprint density at radius 2 is 1.61 bits per heavy atom. The van der Waals surface area contributed by atoms with Gasteiger partial charge in [-0.1, -0.05) is 50.6 Å². The molecule has 166 valence electrons. The lowest BCUT2D eigenvalue weighted by Crippen LogP contribution is -2.43. The summed E-state index contributed by atoms with van der Waals surface area (Å²) < 4.78 is 28.2. The van der Waals surface area contributed by atoms with Crippen LogP contribution in [0.4, 0.5) is 5.69 Å². The lowest BCUT2D eigenvalue weighted by Gasteiger charge is -2.28. The molecule has 0 aliphatic carbocycles. The topological polar surface area (TPSA) is 81.5 Å². The van der Waals surface area contributed by atoms with Crippen molar-refractivity contribution in [2.75, 3.05) is 23.9 Å². The lowest BCUT2D eigenvalue weighted by atomic mass is 9.87. The number of amides is 1. The Morgan fingerprint density at radius 1 is 1.03 bits per heavy atom. The molecule has 2 aromatic carbocycles. The molecule has 0 radical (unpaired) electrons. The van der Waals surface area contributed by atoms with Crippen LogP contribution in [0.25, 0.3) is 0 Å². The summed E-state index contributed by atoms with van der Waals surface area (Å²) in [6, 6.07) is 15.9. The molecule has 0 aliphatic rings. The quantitative estimate of drug-likeness (QED) is 0.613. The van der Waals surface area contributed by atoms with E-state index in [0.29, 0.717) is 12.2 Å². The van der Waals surface area contributed by atoms with E-state index in [-0.39, 0.29) is 35.7 Å². The van der Waals surface area contributed by atoms with Gasteiger partial charge in [-0.15, -0.1) is 0 Å². The molecule has 31 heavy (non-hydrogen) atoms. The average Bonchev–Trinajstić information content (AvgIpc) is 2.72. The number of likely N-dealkylation sites (N-methyl/N-ethyl adjacent to an activating group) is 1. The fourth-order valence-electron chi connectivity index (χ4n) is 3.15. The van der Waals surface area contributed by atoms with Gasteiger partial charge < -0.3 is 4.90 Å². The zero-order valence-electron chi connectivity index (χ0n) is 18.9. The number of nitriles is 1.